The van der Waals surface area contributed by atoms with E-state index in [-0.39, 0.29) is 0 Å². The zero-order chi connectivity index (χ0) is 15.1. The Morgan fingerprint density at radius 2 is 1.86 bits per heavy atom. The zero-order valence-electron chi connectivity index (χ0n) is 12.4. The van der Waals surface area contributed by atoms with Gasteiger partial charge in [-0.05, 0) is 36.6 Å². The van der Waals surface area contributed by atoms with E-state index in [0.717, 1.165) is 16.0 Å². The Morgan fingerprint density at radius 1 is 1.10 bits per heavy atom. The van der Waals surface area contributed by atoms with Crippen molar-refractivity contribution in [2.45, 2.75) is 13.8 Å². The van der Waals surface area contributed by atoms with Crippen LogP contribution in [0.15, 0.2) is 23.6 Å². The number of hydrogen-bond donors (Lipinski definition) is 0. The maximum absolute atomic E-state index is 6.03. The first-order valence-corrected chi connectivity index (χ1v) is 7.93. The van der Waals surface area contributed by atoms with Crippen LogP contribution in [0.1, 0.15) is 11.1 Å². The molecule has 108 valence electrons. The lowest BCUT2D eigenvalue weighted by Gasteiger charge is -2.14. The summed E-state index contributed by atoms with van der Waals surface area (Å²) in [5.41, 5.74) is 4.92. The molecule has 0 unspecified atom stereocenters. The van der Waals surface area contributed by atoms with Gasteiger partial charge in [-0.2, -0.15) is 4.98 Å². The summed E-state index contributed by atoms with van der Waals surface area (Å²) in [5.74, 6) is 0.862. The van der Waals surface area contributed by atoms with E-state index in [9.17, 15) is 0 Å². The first kappa shape index (κ1) is 14.3. The fraction of sp³-hybridized carbons (Fsp3) is 0.250. The summed E-state index contributed by atoms with van der Waals surface area (Å²) in [5, 5.41) is 3.50. The largest absolute Gasteiger partial charge is 0.362 e. The molecule has 0 N–H and O–H groups in total. The minimum Gasteiger partial charge on any atom is -0.362 e. The number of benzene rings is 1. The number of fused-ring (bicyclic) bond motifs is 1. The Balaban J connectivity index is 2.33. The standard InChI is InChI=1S/C16H16ClN3S/c1-9-5-6-11(10(2)7-9)12-8-21-15-13(12)14(20(3)4)18-16(17)19-15/h5-8H,1-4H3. The molecule has 0 aliphatic carbocycles. The van der Waals surface area contributed by atoms with E-state index < -0.39 is 0 Å². The van der Waals surface area contributed by atoms with Crippen LogP contribution in [0.5, 0.6) is 0 Å². The summed E-state index contributed by atoms with van der Waals surface area (Å²) in [4.78, 5) is 11.7. The Kier molecular flexibility index (Phi) is 3.59. The van der Waals surface area contributed by atoms with Gasteiger partial charge in [0.2, 0.25) is 5.28 Å². The van der Waals surface area contributed by atoms with Crippen LogP contribution in [0.4, 0.5) is 5.82 Å². The summed E-state index contributed by atoms with van der Waals surface area (Å²) in [7, 11) is 3.95. The molecule has 0 amide bonds. The fourth-order valence-electron chi connectivity index (χ4n) is 2.54. The molecule has 0 aliphatic rings. The van der Waals surface area contributed by atoms with Crippen LogP contribution >= 0.6 is 22.9 Å². The third kappa shape index (κ3) is 2.49. The number of thiophene rings is 1. The minimum atomic E-state index is 0.292. The van der Waals surface area contributed by atoms with Crippen molar-refractivity contribution >= 4 is 39.0 Å². The van der Waals surface area contributed by atoms with Crippen LogP contribution < -0.4 is 4.90 Å². The van der Waals surface area contributed by atoms with E-state index >= 15 is 0 Å². The number of anilines is 1. The van der Waals surface area contributed by atoms with Crippen molar-refractivity contribution in [3.05, 3.63) is 40.0 Å². The van der Waals surface area contributed by atoms with Crippen molar-refractivity contribution < 1.29 is 0 Å². The molecule has 21 heavy (non-hydrogen) atoms. The molecule has 0 fully saturated rings. The van der Waals surface area contributed by atoms with E-state index in [1.807, 2.05) is 19.0 Å². The smallest absolute Gasteiger partial charge is 0.225 e. The molecule has 3 rings (SSSR count). The van der Waals surface area contributed by atoms with E-state index in [1.54, 1.807) is 11.3 Å². The zero-order valence-corrected chi connectivity index (χ0v) is 14.0. The van der Waals surface area contributed by atoms with Crippen molar-refractivity contribution in [3.63, 3.8) is 0 Å². The summed E-state index contributed by atoms with van der Waals surface area (Å²) < 4.78 is 0. The van der Waals surface area contributed by atoms with Gasteiger partial charge < -0.3 is 4.90 Å². The quantitative estimate of drug-likeness (QED) is 0.642. The predicted molar refractivity (Wildman–Crippen MR) is 91.7 cm³/mol. The van der Waals surface area contributed by atoms with Gasteiger partial charge in [0.05, 0.1) is 5.39 Å². The second kappa shape index (κ2) is 5.28. The summed E-state index contributed by atoms with van der Waals surface area (Å²) in [6.45, 7) is 4.24. The van der Waals surface area contributed by atoms with E-state index in [0.29, 0.717) is 5.28 Å². The number of aryl methyl sites for hydroxylation is 2. The summed E-state index contributed by atoms with van der Waals surface area (Å²) in [6.07, 6.45) is 0. The highest BCUT2D eigenvalue weighted by molar-refractivity contribution is 7.17. The van der Waals surface area contributed by atoms with Crippen LogP contribution in [0.25, 0.3) is 21.3 Å². The average molecular weight is 318 g/mol. The van der Waals surface area contributed by atoms with Crippen LogP contribution in [0, 0.1) is 13.8 Å². The topological polar surface area (TPSA) is 29.0 Å². The molecule has 2 aromatic heterocycles. The molecule has 5 heteroatoms. The lowest BCUT2D eigenvalue weighted by atomic mass is 9.99. The molecule has 3 nitrogen and oxygen atoms in total. The molecule has 0 spiro atoms. The molecule has 2 heterocycles. The highest BCUT2D eigenvalue weighted by Crippen LogP contribution is 2.39. The van der Waals surface area contributed by atoms with Crippen molar-refractivity contribution in [1.29, 1.82) is 0 Å². The first-order valence-electron chi connectivity index (χ1n) is 6.67. The van der Waals surface area contributed by atoms with Crippen molar-refractivity contribution in [3.8, 4) is 11.1 Å². The maximum Gasteiger partial charge on any atom is 0.225 e. The monoisotopic (exact) mass is 317 g/mol. The van der Waals surface area contributed by atoms with Gasteiger partial charge in [-0.25, -0.2) is 4.98 Å². The van der Waals surface area contributed by atoms with E-state index in [2.05, 4.69) is 47.4 Å². The molecule has 0 aliphatic heterocycles. The highest BCUT2D eigenvalue weighted by Gasteiger charge is 2.17. The molecule has 0 atom stereocenters. The minimum absolute atomic E-state index is 0.292. The lowest BCUT2D eigenvalue weighted by molar-refractivity contribution is 1.06. The third-order valence-corrected chi connectivity index (χ3v) is 4.52. The second-order valence-electron chi connectivity index (χ2n) is 5.36. The fourth-order valence-corrected chi connectivity index (χ4v) is 3.68. The van der Waals surface area contributed by atoms with Crippen LogP contribution in [0.2, 0.25) is 5.28 Å². The second-order valence-corrected chi connectivity index (χ2v) is 6.55. The Labute approximate surface area is 133 Å². The van der Waals surface area contributed by atoms with Gasteiger partial charge in [0.25, 0.3) is 0 Å². The van der Waals surface area contributed by atoms with Gasteiger partial charge in [0, 0.05) is 25.0 Å². The SMILES string of the molecule is Cc1ccc(-c2csc3nc(Cl)nc(N(C)C)c23)c(C)c1. The number of aromatic nitrogens is 2. The van der Waals surface area contributed by atoms with Crippen LogP contribution in [0.3, 0.4) is 0 Å². The molecule has 0 bridgehead atoms. The molecule has 0 radical (unpaired) electrons. The number of halogens is 1. The molecule has 0 saturated carbocycles. The van der Waals surface area contributed by atoms with E-state index in [1.165, 1.54) is 22.3 Å². The molecular weight excluding hydrogens is 302 g/mol. The van der Waals surface area contributed by atoms with Gasteiger partial charge in [0.15, 0.2) is 0 Å². The average Bonchev–Trinajstić information content (AvgIpc) is 2.81. The predicted octanol–water partition coefficient (Wildman–Crippen LogP) is 4.69. The van der Waals surface area contributed by atoms with Crippen molar-refractivity contribution in [2.75, 3.05) is 19.0 Å². The summed E-state index contributed by atoms with van der Waals surface area (Å²) >= 11 is 7.64. The van der Waals surface area contributed by atoms with Gasteiger partial charge >= 0.3 is 0 Å². The normalized spacial score (nSPS) is 11.1. The highest BCUT2D eigenvalue weighted by atomic mass is 35.5. The maximum atomic E-state index is 6.03. The van der Waals surface area contributed by atoms with Crippen LogP contribution in [-0.2, 0) is 0 Å². The molecule has 0 saturated heterocycles. The van der Waals surface area contributed by atoms with Gasteiger partial charge in [0.1, 0.15) is 10.6 Å². The van der Waals surface area contributed by atoms with Gasteiger partial charge in [-0.3, -0.25) is 0 Å². The van der Waals surface area contributed by atoms with E-state index in [4.69, 9.17) is 11.6 Å². The number of nitrogens with zero attached hydrogens (tertiary/aromatic N) is 3. The van der Waals surface area contributed by atoms with Crippen molar-refractivity contribution in [2.24, 2.45) is 0 Å². The third-order valence-electron chi connectivity index (χ3n) is 3.48. The van der Waals surface area contributed by atoms with Gasteiger partial charge in [-0.1, -0.05) is 23.8 Å². The number of rotatable bonds is 2. The van der Waals surface area contributed by atoms with Crippen molar-refractivity contribution in [1.82, 2.24) is 9.97 Å². The Bertz CT molecular complexity index is 824. The first-order chi connectivity index (χ1) is 9.97. The Hall–Kier alpha value is -1.65. The van der Waals surface area contributed by atoms with Gasteiger partial charge in [-0.15, -0.1) is 11.3 Å². The Morgan fingerprint density at radius 3 is 2.52 bits per heavy atom. The summed E-state index contributed by atoms with van der Waals surface area (Å²) in [6, 6.07) is 6.50. The lowest BCUT2D eigenvalue weighted by Crippen LogP contribution is -2.11. The molecule has 1 aromatic carbocycles. The number of hydrogen-bond acceptors (Lipinski definition) is 4. The van der Waals surface area contributed by atoms with Crippen LogP contribution in [-0.4, -0.2) is 24.1 Å². The molecular formula is C16H16ClN3S. The molecule has 3 aromatic rings.